The summed E-state index contributed by atoms with van der Waals surface area (Å²) in [5, 5.41) is 3.10. The molecule has 0 unspecified atom stereocenters. The second-order valence-corrected chi connectivity index (χ2v) is 5.24. The third kappa shape index (κ3) is 3.88. The zero-order valence-electron chi connectivity index (χ0n) is 11.6. The van der Waals surface area contributed by atoms with Crippen molar-refractivity contribution < 1.29 is 4.79 Å². The average molecular weight is 261 g/mol. The Morgan fingerprint density at radius 1 is 1.37 bits per heavy atom. The molecule has 0 aliphatic heterocycles. The minimum atomic E-state index is 0.0587. The number of nitrogens with zero attached hydrogens (tertiary/aromatic N) is 1. The zero-order chi connectivity index (χ0) is 13.7. The molecule has 104 valence electrons. The highest BCUT2D eigenvalue weighted by molar-refractivity contribution is 5.74. The molecule has 1 aromatic rings. The van der Waals surface area contributed by atoms with Crippen LogP contribution in [0.25, 0.3) is 0 Å². The fourth-order valence-electron chi connectivity index (χ4n) is 2.18. The van der Waals surface area contributed by atoms with Crippen molar-refractivity contribution in [1.82, 2.24) is 10.2 Å². The molecule has 4 nitrogen and oxygen atoms in total. The number of nitrogen functional groups attached to an aromatic ring is 1. The first-order valence-electron chi connectivity index (χ1n) is 7.09. The van der Waals surface area contributed by atoms with Crippen LogP contribution in [0.5, 0.6) is 0 Å². The van der Waals surface area contributed by atoms with Crippen molar-refractivity contribution in [3.05, 3.63) is 29.8 Å². The molecule has 0 spiro atoms. The Morgan fingerprint density at radius 2 is 2.05 bits per heavy atom. The molecule has 2 amide bonds. The van der Waals surface area contributed by atoms with Gasteiger partial charge in [0.15, 0.2) is 0 Å². The largest absolute Gasteiger partial charge is 0.399 e. The van der Waals surface area contributed by atoms with Crippen LogP contribution in [0.4, 0.5) is 10.5 Å². The predicted molar refractivity (Wildman–Crippen MR) is 77.7 cm³/mol. The van der Waals surface area contributed by atoms with Gasteiger partial charge < -0.3 is 16.0 Å². The van der Waals surface area contributed by atoms with Crippen molar-refractivity contribution in [2.75, 3.05) is 12.3 Å². The molecular formula is C15H23N3O. The van der Waals surface area contributed by atoms with Crippen molar-refractivity contribution in [3.8, 4) is 0 Å². The van der Waals surface area contributed by atoms with Gasteiger partial charge in [-0.3, -0.25) is 0 Å². The van der Waals surface area contributed by atoms with Crippen molar-refractivity contribution in [3.63, 3.8) is 0 Å². The number of urea groups is 1. The molecule has 1 aliphatic carbocycles. The van der Waals surface area contributed by atoms with Gasteiger partial charge in [0, 0.05) is 24.8 Å². The molecular weight excluding hydrogens is 238 g/mol. The maximum Gasteiger partial charge on any atom is 0.317 e. The van der Waals surface area contributed by atoms with E-state index in [2.05, 4.69) is 12.2 Å². The Bertz CT molecular complexity index is 412. The lowest BCUT2D eigenvalue weighted by atomic mass is 9.93. The van der Waals surface area contributed by atoms with E-state index in [-0.39, 0.29) is 6.03 Å². The van der Waals surface area contributed by atoms with E-state index in [1.165, 1.54) is 6.42 Å². The maximum absolute atomic E-state index is 12.2. The summed E-state index contributed by atoms with van der Waals surface area (Å²) in [7, 11) is 0. The molecule has 3 N–H and O–H groups in total. The number of carbonyl (C=O) groups excluding carboxylic acids is 1. The third-order valence-electron chi connectivity index (χ3n) is 3.57. The summed E-state index contributed by atoms with van der Waals surface area (Å²) in [5.74, 6) is 0. The number of carbonyl (C=O) groups is 1. The Morgan fingerprint density at radius 3 is 2.58 bits per heavy atom. The van der Waals surface area contributed by atoms with Gasteiger partial charge in [-0.2, -0.15) is 0 Å². The first-order valence-corrected chi connectivity index (χ1v) is 7.09. The highest BCUT2D eigenvalue weighted by Gasteiger charge is 2.22. The van der Waals surface area contributed by atoms with Crippen LogP contribution >= 0.6 is 0 Å². The quantitative estimate of drug-likeness (QED) is 0.801. The van der Waals surface area contributed by atoms with Gasteiger partial charge in [-0.25, -0.2) is 4.79 Å². The SMILES string of the molecule is CCCN(Cc1ccc(N)cc1)C(=O)NC1CCC1. The van der Waals surface area contributed by atoms with Crippen LogP contribution in [0.3, 0.4) is 0 Å². The first kappa shape index (κ1) is 13.7. The Hall–Kier alpha value is -1.71. The van der Waals surface area contributed by atoms with E-state index in [4.69, 9.17) is 5.73 Å². The minimum Gasteiger partial charge on any atom is -0.399 e. The third-order valence-corrected chi connectivity index (χ3v) is 3.57. The summed E-state index contributed by atoms with van der Waals surface area (Å²) < 4.78 is 0. The Kier molecular flexibility index (Phi) is 4.66. The molecule has 19 heavy (non-hydrogen) atoms. The summed E-state index contributed by atoms with van der Waals surface area (Å²) in [6.45, 7) is 3.52. The van der Waals surface area contributed by atoms with Crippen molar-refractivity contribution in [2.45, 2.75) is 45.2 Å². The van der Waals surface area contributed by atoms with Crippen molar-refractivity contribution >= 4 is 11.7 Å². The lowest BCUT2D eigenvalue weighted by Crippen LogP contribution is -2.47. The van der Waals surface area contributed by atoms with Gasteiger partial charge in [0.25, 0.3) is 0 Å². The molecule has 0 radical (unpaired) electrons. The summed E-state index contributed by atoms with van der Waals surface area (Å²) in [6.07, 6.45) is 4.44. The van der Waals surface area contributed by atoms with Crippen molar-refractivity contribution in [2.24, 2.45) is 0 Å². The van der Waals surface area contributed by atoms with E-state index in [9.17, 15) is 4.79 Å². The summed E-state index contributed by atoms with van der Waals surface area (Å²) >= 11 is 0. The van der Waals surface area contributed by atoms with Gasteiger partial charge in [-0.1, -0.05) is 19.1 Å². The Labute approximate surface area is 115 Å². The molecule has 4 heteroatoms. The van der Waals surface area contributed by atoms with E-state index in [1.807, 2.05) is 29.2 Å². The molecule has 1 fully saturated rings. The molecule has 0 saturated heterocycles. The number of hydrogen-bond acceptors (Lipinski definition) is 2. The second-order valence-electron chi connectivity index (χ2n) is 5.24. The van der Waals surface area contributed by atoms with Crippen LogP contribution < -0.4 is 11.1 Å². The van der Waals surface area contributed by atoms with Gasteiger partial charge in [0.1, 0.15) is 0 Å². The molecule has 1 saturated carbocycles. The summed E-state index contributed by atoms with van der Waals surface area (Å²) in [6, 6.07) is 8.16. The van der Waals surface area contributed by atoms with Gasteiger partial charge in [-0.05, 0) is 43.4 Å². The lowest BCUT2D eigenvalue weighted by molar-refractivity contribution is 0.183. The molecule has 0 aromatic heterocycles. The number of nitrogens with two attached hydrogens (primary N) is 1. The smallest absolute Gasteiger partial charge is 0.317 e. The highest BCUT2D eigenvalue weighted by Crippen LogP contribution is 2.18. The summed E-state index contributed by atoms with van der Waals surface area (Å²) in [5.41, 5.74) is 7.55. The first-order chi connectivity index (χ1) is 9.19. The molecule has 0 heterocycles. The topological polar surface area (TPSA) is 58.4 Å². The number of amides is 2. The predicted octanol–water partition coefficient (Wildman–Crippen LogP) is 2.74. The van der Waals surface area contributed by atoms with Crippen LogP contribution in [0, 0.1) is 0 Å². The maximum atomic E-state index is 12.2. The monoisotopic (exact) mass is 261 g/mol. The van der Waals surface area contributed by atoms with Crippen LogP contribution in [0.15, 0.2) is 24.3 Å². The number of benzene rings is 1. The molecule has 1 aromatic carbocycles. The van der Waals surface area contributed by atoms with E-state index in [0.29, 0.717) is 12.6 Å². The summed E-state index contributed by atoms with van der Waals surface area (Å²) in [4.78, 5) is 14.1. The molecule has 0 bridgehead atoms. The van der Waals surface area contributed by atoms with E-state index in [1.54, 1.807) is 0 Å². The number of rotatable bonds is 5. The Balaban J connectivity index is 1.94. The van der Waals surface area contributed by atoms with Gasteiger partial charge in [0.2, 0.25) is 0 Å². The standard InChI is InChI=1S/C15H23N3O/c1-2-10-18(15(19)17-14-4-3-5-14)11-12-6-8-13(16)9-7-12/h6-9,14H,2-5,10-11,16H2,1H3,(H,17,19). The van der Waals surface area contributed by atoms with Gasteiger partial charge >= 0.3 is 6.03 Å². The van der Waals surface area contributed by atoms with Crippen LogP contribution in [0.2, 0.25) is 0 Å². The van der Waals surface area contributed by atoms with E-state index in [0.717, 1.165) is 37.1 Å². The molecule has 2 rings (SSSR count). The van der Waals surface area contributed by atoms with E-state index < -0.39 is 0 Å². The lowest BCUT2D eigenvalue weighted by Gasteiger charge is -2.30. The second kappa shape index (κ2) is 6.45. The number of nitrogens with one attached hydrogen (secondary N) is 1. The van der Waals surface area contributed by atoms with Crippen LogP contribution in [-0.4, -0.2) is 23.5 Å². The van der Waals surface area contributed by atoms with Gasteiger partial charge in [0.05, 0.1) is 0 Å². The highest BCUT2D eigenvalue weighted by atomic mass is 16.2. The molecule has 0 atom stereocenters. The number of anilines is 1. The van der Waals surface area contributed by atoms with E-state index >= 15 is 0 Å². The van der Waals surface area contributed by atoms with Crippen molar-refractivity contribution in [1.29, 1.82) is 0 Å². The minimum absolute atomic E-state index is 0.0587. The average Bonchev–Trinajstić information content (AvgIpc) is 2.35. The normalized spacial score (nSPS) is 14.8. The van der Waals surface area contributed by atoms with Gasteiger partial charge in [-0.15, -0.1) is 0 Å². The fourth-order valence-corrected chi connectivity index (χ4v) is 2.18. The molecule has 1 aliphatic rings. The van der Waals surface area contributed by atoms with Crippen LogP contribution in [0.1, 0.15) is 38.2 Å². The zero-order valence-corrected chi connectivity index (χ0v) is 11.6. The number of hydrogen-bond donors (Lipinski definition) is 2. The van der Waals surface area contributed by atoms with Crippen LogP contribution in [-0.2, 0) is 6.54 Å². The fraction of sp³-hybridized carbons (Fsp3) is 0.533.